The number of hydrogen-bond donors (Lipinski definition) is 0. The molecule has 0 atom stereocenters. The molecule has 1 aliphatic heterocycles. The van der Waals surface area contributed by atoms with Gasteiger partial charge in [-0.15, -0.1) is 11.3 Å². The van der Waals surface area contributed by atoms with Crippen LogP contribution in [0, 0.1) is 0 Å². The molecule has 0 saturated carbocycles. The maximum absolute atomic E-state index is 6.69. The van der Waals surface area contributed by atoms with E-state index >= 15 is 0 Å². The summed E-state index contributed by atoms with van der Waals surface area (Å²) in [6.07, 6.45) is 0. The zero-order valence-corrected chi connectivity index (χ0v) is 33.5. The van der Waals surface area contributed by atoms with E-state index in [4.69, 9.17) is 4.74 Å². The zero-order valence-electron chi connectivity index (χ0n) is 32.7. The summed E-state index contributed by atoms with van der Waals surface area (Å²) in [5.74, 6) is 1.81. The normalized spacial score (nSPS) is 14.7. The molecule has 0 radical (unpaired) electrons. The number of thiophene rings is 1. The average molecular weight is 772 g/mol. The van der Waals surface area contributed by atoms with Gasteiger partial charge in [-0.1, -0.05) is 147 Å². The molecule has 0 N–H and O–H groups in total. The van der Waals surface area contributed by atoms with Crippen molar-refractivity contribution in [3.05, 3.63) is 221 Å². The van der Waals surface area contributed by atoms with E-state index in [0.717, 1.165) is 28.6 Å². The van der Waals surface area contributed by atoms with Crippen LogP contribution in [0.25, 0.3) is 53.2 Å². The molecule has 10 aromatic rings. The summed E-state index contributed by atoms with van der Waals surface area (Å²) in [7, 11) is 0. The van der Waals surface area contributed by atoms with Crippen LogP contribution >= 0.6 is 11.3 Å². The fraction of sp³-hybridized carbons (Fsp3) is 0.0714. The summed E-state index contributed by atoms with van der Waals surface area (Å²) in [5, 5.41) is 5.11. The minimum Gasteiger partial charge on any atom is -0.457 e. The van der Waals surface area contributed by atoms with Crippen molar-refractivity contribution in [2.75, 3.05) is 4.90 Å². The molecule has 0 amide bonds. The van der Waals surface area contributed by atoms with Crippen molar-refractivity contribution >= 4 is 59.3 Å². The van der Waals surface area contributed by atoms with Crippen LogP contribution in [0.3, 0.4) is 0 Å². The third-order valence-electron chi connectivity index (χ3n) is 13.5. The first-order valence-corrected chi connectivity index (χ1v) is 21.3. The van der Waals surface area contributed by atoms with Crippen molar-refractivity contribution in [1.29, 1.82) is 0 Å². The molecule has 13 rings (SSSR count). The Labute approximate surface area is 347 Å². The molecule has 2 heterocycles. The first-order valence-electron chi connectivity index (χ1n) is 20.5. The van der Waals surface area contributed by atoms with Gasteiger partial charge in [-0.2, -0.15) is 0 Å². The van der Waals surface area contributed by atoms with Crippen LogP contribution in [0.4, 0.5) is 17.1 Å². The van der Waals surface area contributed by atoms with Gasteiger partial charge in [-0.3, -0.25) is 0 Å². The number of hydrogen-bond acceptors (Lipinski definition) is 3. The largest absolute Gasteiger partial charge is 0.457 e. The maximum atomic E-state index is 6.69. The zero-order chi connectivity index (χ0) is 39.0. The summed E-state index contributed by atoms with van der Waals surface area (Å²) < 4.78 is 9.28. The number of ether oxygens (including phenoxy) is 1. The summed E-state index contributed by atoms with van der Waals surface area (Å²) in [5.41, 5.74) is 15.6. The average Bonchev–Trinajstić information content (AvgIpc) is 3.87. The molecule has 278 valence electrons. The summed E-state index contributed by atoms with van der Waals surface area (Å²) in [4.78, 5) is 2.49. The molecule has 0 bridgehead atoms. The van der Waals surface area contributed by atoms with E-state index in [0.29, 0.717) is 0 Å². The number of anilines is 3. The Morgan fingerprint density at radius 2 is 1.00 bits per heavy atom. The van der Waals surface area contributed by atoms with Crippen molar-refractivity contribution in [3.63, 3.8) is 0 Å². The van der Waals surface area contributed by atoms with Crippen LogP contribution in [0.2, 0.25) is 0 Å². The lowest BCUT2D eigenvalue weighted by Crippen LogP contribution is -2.32. The SMILES string of the molecule is CC1(C)c2ccccc2-c2ccc(N(c3ccc4c(c3)-c3c(ccc5ccccc35)C43c4ccccc4Oc4ccccc43)c3ccc4c(c3)sc3ccccc34)cc21. The molecule has 0 unspecified atom stereocenters. The van der Waals surface area contributed by atoms with Gasteiger partial charge in [0.1, 0.15) is 11.5 Å². The number of benzene rings is 9. The minimum absolute atomic E-state index is 0.130. The van der Waals surface area contributed by atoms with Crippen LogP contribution in [0.1, 0.15) is 47.2 Å². The Kier molecular flexibility index (Phi) is 6.62. The highest BCUT2D eigenvalue weighted by molar-refractivity contribution is 7.25. The smallest absolute Gasteiger partial charge is 0.132 e. The van der Waals surface area contributed by atoms with Gasteiger partial charge in [0.05, 0.1) is 5.41 Å². The van der Waals surface area contributed by atoms with Gasteiger partial charge in [0.25, 0.3) is 0 Å². The van der Waals surface area contributed by atoms with Crippen molar-refractivity contribution in [2.45, 2.75) is 24.7 Å². The Hall–Kier alpha value is -6.94. The fourth-order valence-corrected chi connectivity index (χ4v) is 12.1. The first kappa shape index (κ1) is 33.1. The predicted molar refractivity (Wildman–Crippen MR) is 246 cm³/mol. The summed E-state index contributed by atoms with van der Waals surface area (Å²) in [6, 6.07) is 69.9. The van der Waals surface area contributed by atoms with Gasteiger partial charge in [-0.05, 0) is 110 Å². The number of para-hydroxylation sites is 2. The van der Waals surface area contributed by atoms with Gasteiger partial charge in [-0.25, -0.2) is 0 Å². The molecule has 9 aromatic carbocycles. The van der Waals surface area contributed by atoms with Crippen molar-refractivity contribution in [3.8, 4) is 33.8 Å². The predicted octanol–water partition coefficient (Wildman–Crippen LogP) is 15.5. The Morgan fingerprint density at radius 3 is 1.83 bits per heavy atom. The van der Waals surface area contributed by atoms with Crippen LogP contribution in [0.15, 0.2) is 188 Å². The van der Waals surface area contributed by atoms with Crippen molar-refractivity contribution in [2.24, 2.45) is 0 Å². The van der Waals surface area contributed by atoms with E-state index in [1.54, 1.807) is 0 Å². The standard InChI is InChI=1S/C56H37NOS/c1-55(2)44-17-7-5-15-39(44)40-27-24-36(32-49(40)55)57(37-25-28-42-41-16-6-12-22-52(41)59-53(42)33-37)35-26-30-45-43(31-35)54-38-14-4-3-13-34(38)23-29-48(54)56(45)46-18-8-10-20-50(46)58-51-21-11-9-19-47(51)56/h3-33H,1-2H3. The van der Waals surface area contributed by atoms with Gasteiger partial charge in [0, 0.05) is 53.8 Å². The molecular formula is C56H37NOS. The first-order chi connectivity index (χ1) is 29.0. The van der Waals surface area contributed by atoms with Crippen molar-refractivity contribution in [1.82, 2.24) is 0 Å². The molecule has 3 heteroatoms. The molecule has 0 fully saturated rings. The van der Waals surface area contributed by atoms with Gasteiger partial charge >= 0.3 is 0 Å². The second-order valence-corrected chi connectivity index (χ2v) is 17.9. The van der Waals surface area contributed by atoms with Crippen LogP contribution < -0.4 is 9.64 Å². The van der Waals surface area contributed by atoms with Gasteiger partial charge < -0.3 is 9.64 Å². The van der Waals surface area contributed by atoms with E-state index < -0.39 is 5.41 Å². The van der Waals surface area contributed by atoms with E-state index in [1.165, 1.54) is 86.6 Å². The third-order valence-corrected chi connectivity index (χ3v) is 14.6. The summed E-state index contributed by atoms with van der Waals surface area (Å²) in [6.45, 7) is 4.74. The van der Waals surface area contributed by atoms with Crippen LogP contribution in [-0.4, -0.2) is 0 Å². The summed E-state index contributed by atoms with van der Waals surface area (Å²) >= 11 is 1.87. The highest BCUT2D eigenvalue weighted by atomic mass is 32.1. The van der Waals surface area contributed by atoms with Crippen LogP contribution in [-0.2, 0) is 10.8 Å². The Morgan fingerprint density at radius 1 is 0.407 bits per heavy atom. The second kappa shape index (κ2) is 11.8. The topological polar surface area (TPSA) is 12.5 Å². The number of nitrogens with zero attached hydrogens (tertiary/aromatic N) is 1. The van der Waals surface area contributed by atoms with Gasteiger partial charge in [0.15, 0.2) is 0 Å². The number of rotatable bonds is 3. The molecular weight excluding hydrogens is 735 g/mol. The lowest BCUT2D eigenvalue weighted by atomic mass is 9.66. The number of fused-ring (bicyclic) bond motifs is 17. The van der Waals surface area contributed by atoms with Crippen LogP contribution in [0.5, 0.6) is 11.5 Å². The Bertz CT molecular complexity index is 3380. The quantitative estimate of drug-likeness (QED) is 0.177. The van der Waals surface area contributed by atoms with Gasteiger partial charge in [0.2, 0.25) is 0 Å². The highest BCUT2D eigenvalue weighted by Gasteiger charge is 2.51. The monoisotopic (exact) mass is 771 g/mol. The lowest BCUT2D eigenvalue weighted by Gasteiger charge is -2.39. The van der Waals surface area contributed by atoms with Crippen molar-refractivity contribution < 1.29 is 4.74 Å². The van der Waals surface area contributed by atoms with E-state index in [9.17, 15) is 0 Å². The second-order valence-electron chi connectivity index (χ2n) is 16.8. The third kappa shape index (κ3) is 4.35. The molecule has 59 heavy (non-hydrogen) atoms. The van der Waals surface area contributed by atoms with E-state index in [-0.39, 0.29) is 5.41 Å². The lowest BCUT2D eigenvalue weighted by molar-refractivity contribution is 0.436. The fourth-order valence-electron chi connectivity index (χ4n) is 10.9. The van der Waals surface area contributed by atoms with E-state index in [2.05, 4.69) is 207 Å². The highest BCUT2D eigenvalue weighted by Crippen LogP contribution is 2.64. The molecule has 1 aromatic heterocycles. The minimum atomic E-state index is -0.553. The maximum Gasteiger partial charge on any atom is 0.132 e. The molecule has 0 saturated heterocycles. The molecule has 3 aliphatic rings. The molecule has 2 aliphatic carbocycles. The Balaban J connectivity index is 1.10. The molecule has 1 spiro atoms. The molecule has 2 nitrogen and oxygen atoms in total. The van der Waals surface area contributed by atoms with E-state index in [1.807, 2.05) is 11.3 Å².